The number of quaternary nitrogens is 1. The fraction of sp³-hybridized carbons (Fsp3) is 0.222. The lowest BCUT2D eigenvalue weighted by atomic mass is 9.96. The van der Waals surface area contributed by atoms with Gasteiger partial charge in [-0.25, -0.2) is 4.39 Å². The first-order chi connectivity index (χ1) is 10.6. The van der Waals surface area contributed by atoms with E-state index in [9.17, 15) is 4.39 Å². The van der Waals surface area contributed by atoms with Crippen LogP contribution in [0, 0.1) is 5.82 Å². The number of fused-ring (bicyclic) bond motifs is 2. The molecule has 0 fully saturated rings. The molecule has 0 saturated heterocycles. The van der Waals surface area contributed by atoms with E-state index in [1.54, 1.807) is 23.9 Å². The third-order valence-corrected chi connectivity index (χ3v) is 5.13. The van der Waals surface area contributed by atoms with Crippen molar-refractivity contribution < 1.29 is 9.29 Å². The van der Waals surface area contributed by atoms with Crippen molar-refractivity contribution in [2.75, 3.05) is 20.6 Å². The van der Waals surface area contributed by atoms with E-state index < -0.39 is 0 Å². The lowest BCUT2D eigenvalue weighted by Gasteiger charge is -2.22. The van der Waals surface area contributed by atoms with E-state index in [0.717, 1.165) is 29.0 Å². The SMILES string of the molecule is C[NH+](C)CCC=C1c2ccccc2Sc2cc(F)c(Cl)cc21. The highest BCUT2D eigenvalue weighted by atomic mass is 35.5. The van der Waals surface area contributed by atoms with Gasteiger partial charge in [0.2, 0.25) is 0 Å². The lowest BCUT2D eigenvalue weighted by Crippen LogP contribution is -3.05. The number of hydrogen-bond acceptors (Lipinski definition) is 1. The fourth-order valence-corrected chi connectivity index (χ4v) is 3.87. The summed E-state index contributed by atoms with van der Waals surface area (Å²) in [6, 6.07) is 11.6. The monoisotopic (exact) mass is 334 g/mol. The van der Waals surface area contributed by atoms with Gasteiger partial charge in [0, 0.05) is 16.2 Å². The van der Waals surface area contributed by atoms with Crippen LogP contribution in [0.2, 0.25) is 5.02 Å². The molecule has 2 aromatic rings. The van der Waals surface area contributed by atoms with Gasteiger partial charge in [-0.1, -0.05) is 47.6 Å². The topological polar surface area (TPSA) is 4.44 Å². The molecular weight excluding hydrogens is 317 g/mol. The van der Waals surface area contributed by atoms with Crippen molar-refractivity contribution in [2.45, 2.75) is 16.2 Å². The van der Waals surface area contributed by atoms with Gasteiger partial charge in [-0.15, -0.1) is 0 Å². The van der Waals surface area contributed by atoms with Crippen molar-refractivity contribution in [3.8, 4) is 0 Å². The van der Waals surface area contributed by atoms with Crippen LogP contribution in [0.15, 0.2) is 52.3 Å². The Bertz CT molecular complexity index is 740. The first kappa shape index (κ1) is 15.6. The normalized spacial score (nSPS) is 15.0. The summed E-state index contributed by atoms with van der Waals surface area (Å²) in [6.07, 6.45) is 3.23. The quantitative estimate of drug-likeness (QED) is 0.761. The first-order valence-electron chi connectivity index (χ1n) is 7.32. The lowest BCUT2D eigenvalue weighted by molar-refractivity contribution is -0.857. The molecule has 0 amide bonds. The minimum atomic E-state index is -0.357. The highest BCUT2D eigenvalue weighted by Gasteiger charge is 2.22. The average molecular weight is 335 g/mol. The zero-order valence-electron chi connectivity index (χ0n) is 12.6. The molecule has 1 nitrogen and oxygen atoms in total. The van der Waals surface area contributed by atoms with Crippen molar-refractivity contribution in [1.29, 1.82) is 0 Å². The highest BCUT2D eigenvalue weighted by molar-refractivity contribution is 7.99. The van der Waals surface area contributed by atoms with Crippen LogP contribution in [0.1, 0.15) is 17.5 Å². The second kappa shape index (κ2) is 6.45. The molecule has 0 saturated carbocycles. The van der Waals surface area contributed by atoms with E-state index >= 15 is 0 Å². The molecule has 22 heavy (non-hydrogen) atoms. The number of halogens is 2. The number of hydrogen-bond donors (Lipinski definition) is 1. The van der Waals surface area contributed by atoms with Crippen LogP contribution in [-0.2, 0) is 0 Å². The Morgan fingerprint density at radius 2 is 1.91 bits per heavy atom. The second-order valence-corrected chi connectivity index (χ2v) is 7.22. The van der Waals surface area contributed by atoms with Gasteiger partial charge in [0.25, 0.3) is 0 Å². The molecule has 1 heterocycles. The maximum atomic E-state index is 13.8. The molecule has 0 aromatic heterocycles. The summed E-state index contributed by atoms with van der Waals surface area (Å²) in [7, 11) is 4.28. The summed E-state index contributed by atoms with van der Waals surface area (Å²) in [5.41, 5.74) is 3.40. The van der Waals surface area contributed by atoms with Crippen LogP contribution >= 0.6 is 23.4 Å². The molecule has 3 rings (SSSR count). The molecule has 4 heteroatoms. The Morgan fingerprint density at radius 1 is 1.14 bits per heavy atom. The molecule has 114 valence electrons. The van der Waals surface area contributed by atoms with Gasteiger partial charge >= 0.3 is 0 Å². The van der Waals surface area contributed by atoms with Crippen LogP contribution in [0.25, 0.3) is 5.57 Å². The Morgan fingerprint density at radius 3 is 2.68 bits per heavy atom. The van der Waals surface area contributed by atoms with Gasteiger partial charge < -0.3 is 4.90 Å². The van der Waals surface area contributed by atoms with Crippen LogP contribution in [0.5, 0.6) is 0 Å². The van der Waals surface area contributed by atoms with Gasteiger partial charge in [0.05, 0.1) is 25.7 Å². The van der Waals surface area contributed by atoms with Crippen molar-refractivity contribution in [3.05, 3.63) is 64.4 Å². The zero-order chi connectivity index (χ0) is 15.7. The average Bonchev–Trinajstić information content (AvgIpc) is 2.48. The minimum Gasteiger partial charge on any atom is -0.340 e. The van der Waals surface area contributed by atoms with Crippen LogP contribution in [-0.4, -0.2) is 20.6 Å². The van der Waals surface area contributed by atoms with Crippen molar-refractivity contribution in [3.63, 3.8) is 0 Å². The van der Waals surface area contributed by atoms with Gasteiger partial charge in [0.15, 0.2) is 0 Å². The standard InChI is InChI=1S/C18H17ClFNS/c1-21(2)9-5-7-12-13-6-3-4-8-17(13)22-18-11-16(20)15(19)10-14(12)18/h3-4,6-8,10-11H,5,9H2,1-2H3/p+1. The molecule has 0 unspecified atom stereocenters. The van der Waals surface area contributed by atoms with E-state index in [4.69, 9.17) is 11.6 Å². The minimum absolute atomic E-state index is 0.183. The van der Waals surface area contributed by atoms with Crippen LogP contribution in [0.4, 0.5) is 4.39 Å². The molecular formula is C18H18ClFNS+. The Hall–Kier alpha value is -1.29. The van der Waals surface area contributed by atoms with Crippen molar-refractivity contribution >= 4 is 28.9 Å². The van der Waals surface area contributed by atoms with E-state index in [1.807, 2.05) is 12.1 Å². The summed E-state index contributed by atoms with van der Waals surface area (Å²) >= 11 is 7.61. The smallest absolute Gasteiger partial charge is 0.142 e. The Kier molecular flexibility index (Phi) is 4.57. The Labute approximate surface area is 139 Å². The molecule has 0 bridgehead atoms. The van der Waals surface area contributed by atoms with Gasteiger partial charge in [-0.2, -0.15) is 0 Å². The summed E-state index contributed by atoms with van der Waals surface area (Å²) in [5, 5.41) is 0.183. The molecule has 1 N–H and O–H groups in total. The third-order valence-electron chi connectivity index (χ3n) is 3.70. The van der Waals surface area contributed by atoms with E-state index in [-0.39, 0.29) is 10.8 Å². The van der Waals surface area contributed by atoms with Gasteiger partial charge in [-0.3, -0.25) is 0 Å². The highest BCUT2D eigenvalue weighted by Crippen LogP contribution is 2.46. The summed E-state index contributed by atoms with van der Waals surface area (Å²) in [5.74, 6) is -0.357. The maximum Gasteiger partial charge on any atom is 0.142 e. The molecule has 0 radical (unpaired) electrons. The molecule has 0 atom stereocenters. The predicted octanol–water partition coefficient (Wildman–Crippen LogP) is 3.91. The Balaban J connectivity index is 2.09. The van der Waals surface area contributed by atoms with Crippen LogP contribution in [0.3, 0.4) is 0 Å². The largest absolute Gasteiger partial charge is 0.340 e. The number of benzene rings is 2. The van der Waals surface area contributed by atoms with Gasteiger partial charge in [-0.05, 0) is 34.9 Å². The predicted molar refractivity (Wildman–Crippen MR) is 91.3 cm³/mol. The molecule has 1 aliphatic rings. The maximum absolute atomic E-state index is 13.8. The molecule has 2 aromatic carbocycles. The van der Waals surface area contributed by atoms with E-state index in [1.165, 1.54) is 15.4 Å². The van der Waals surface area contributed by atoms with E-state index in [0.29, 0.717) is 0 Å². The second-order valence-electron chi connectivity index (χ2n) is 5.72. The number of rotatable bonds is 3. The fourth-order valence-electron chi connectivity index (χ4n) is 2.59. The molecule has 0 spiro atoms. The first-order valence-corrected chi connectivity index (χ1v) is 8.51. The van der Waals surface area contributed by atoms with Crippen molar-refractivity contribution in [1.82, 2.24) is 0 Å². The molecule has 0 aliphatic carbocycles. The van der Waals surface area contributed by atoms with Crippen molar-refractivity contribution in [2.24, 2.45) is 0 Å². The summed E-state index contributed by atoms with van der Waals surface area (Å²) in [6.45, 7) is 1.06. The van der Waals surface area contributed by atoms with Crippen LogP contribution < -0.4 is 4.90 Å². The zero-order valence-corrected chi connectivity index (χ0v) is 14.2. The van der Waals surface area contributed by atoms with Gasteiger partial charge in [0.1, 0.15) is 5.82 Å². The van der Waals surface area contributed by atoms with E-state index in [2.05, 4.69) is 32.3 Å². The molecule has 1 aliphatic heterocycles. The number of nitrogens with one attached hydrogen (secondary N) is 1. The summed E-state index contributed by atoms with van der Waals surface area (Å²) < 4.78 is 13.8. The third kappa shape index (κ3) is 3.07. The summed E-state index contributed by atoms with van der Waals surface area (Å²) in [4.78, 5) is 3.51.